The molecule has 0 heterocycles. The third kappa shape index (κ3) is 7.31. The van der Waals surface area contributed by atoms with Crippen LogP contribution in [0.15, 0.2) is 0 Å². The summed E-state index contributed by atoms with van der Waals surface area (Å²) in [7, 11) is 0. The van der Waals surface area contributed by atoms with Crippen LogP contribution < -0.4 is 5.32 Å². The maximum absolute atomic E-state index is 6.23. The van der Waals surface area contributed by atoms with E-state index < -0.39 is 0 Å². The smallest absolute Gasteiger partial charge is 0.0406 e. The predicted molar refractivity (Wildman–Crippen MR) is 91.7 cm³/mol. The molecule has 1 rings (SSSR count). The molecule has 0 amide bonds. The van der Waals surface area contributed by atoms with Gasteiger partial charge in [-0.15, -0.1) is 11.6 Å². The van der Waals surface area contributed by atoms with Gasteiger partial charge >= 0.3 is 0 Å². The van der Waals surface area contributed by atoms with Crippen molar-refractivity contribution < 1.29 is 0 Å². The predicted octanol–water partition coefficient (Wildman–Crippen LogP) is 5.90. The fourth-order valence-electron chi connectivity index (χ4n) is 3.28. The molecule has 2 heteroatoms. The summed E-state index contributed by atoms with van der Waals surface area (Å²) in [6.45, 7) is 5.82. The standard InChI is InChI=1S/C18H36ClN/c1-3-4-5-6-7-8-9-10-15-20-18(16-19)13-11-17(2)12-14-18/h17,20H,3-16H2,1-2H3. The van der Waals surface area contributed by atoms with E-state index in [1.807, 2.05) is 0 Å². The quantitative estimate of drug-likeness (QED) is 0.370. The number of hydrogen-bond donors (Lipinski definition) is 1. The molecule has 0 radical (unpaired) electrons. The van der Waals surface area contributed by atoms with Crippen molar-refractivity contribution in [2.24, 2.45) is 5.92 Å². The number of rotatable bonds is 11. The van der Waals surface area contributed by atoms with Crippen molar-refractivity contribution in [3.8, 4) is 0 Å². The summed E-state index contributed by atoms with van der Waals surface area (Å²) in [6.07, 6.45) is 16.4. The van der Waals surface area contributed by atoms with Crippen LogP contribution in [-0.2, 0) is 0 Å². The van der Waals surface area contributed by atoms with Gasteiger partial charge in [0.1, 0.15) is 0 Å². The second kappa shape index (κ2) is 10.9. The minimum absolute atomic E-state index is 0.259. The fourth-order valence-corrected chi connectivity index (χ4v) is 3.65. The van der Waals surface area contributed by atoms with Crippen molar-refractivity contribution in [2.75, 3.05) is 12.4 Å². The SMILES string of the molecule is CCCCCCCCCCNC1(CCl)CCC(C)CC1. The van der Waals surface area contributed by atoms with Crippen LogP contribution >= 0.6 is 11.6 Å². The average molecular weight is 302 g/mol. The highest BCUT2D eigenvalue weighted by Gasteiger charge is 2.32. The molecule has 1 N–H and O–H groups in total. The van der Waals surface area contributed by atoms with Gasteiger partial charge in [-0.1, -0.05) is 58.8 Å². The van der Waals surface area contributed by atoms with Crippen molar-refractivity contribution in [1.82, 2.24) is 5.32 Å². The Morgan fingerprint density at radius 3 is 2.05 bits per heavy atom. The molecule has 0 aromatic heterocycles. The number of alkyl halides is 1. The molecular weight excluding hydrogens is 266 g/mol. The summed E-state index contributed by atoms with van der Waals surface area (Å²) in [4.78, 5) is 0. The van der Waals surface area contributed by atoms with E-state index in [1.54, 1.807) is 0 Å². The maximum Gasteiger partial charge on any atom is 0.0406 e. The van der Waals surface area contributed by atoms with Crippen LogP contribution in [0, 0.1) is 5.92 Å². The minimum Gasteiger partial charge on any atom is -0.310 e. The van der Waals surface area contributed by atoms with E-state index in [0.29, 0.717) is 0 Å². The Labute approximate surface area is 132 Å². The van der Waals surface area contributed by atoms with Gasteiger partial charge in [-0.2, -0.15) is 0 Å². The second-order valence-electron chi connectivity index (χ2n) is 7.00. The van der Waals surface area contributed by atoms with Gasteiger partial charge in [0, 0.05) is 11.4 Å². The van der Waals surface area contributed by atoms with Crippen molar-refractivity contribution in [3.05, 3.63) is 0 Å². The van der Waals surface area contributed by atoms with Crippen molar-refractivity contribution in [2.45, 2.75) is 96.4 Å². The molecule has 1 nitrogen and oxygen atoms in total. The second-order valence-corrected chi connectivity index (χ2v) is 7.27. The summed E-state index contributed by atoms with van der Waals surface area (Å²) in [5, 5.41) is 3.78. The molecule has 20 heavy (non-hydrogen) atoms. The van der Waals surface area contributed by atoms with Crippen LogP contribution in [0.4, 0.5) is 0 Å². The number of nitrogens with one attached hydrogen (secondary N) is 1. The number of halogens is 1. The van der Waals surface area contributed by atoms with Crippen molar-refractivity contribution in [3.63, 3.8) is 0 Å². The Hall–Kier alpha value is 0.250. The fraction of sp³-hybridized carbons (Fsp3) is 1.00. The highest BCUT2D eigenvalue weighted by molar-refractivity contribution is 6.18. The third-order valence-corrected chi connectivity index (χ3v) is 5.53. The van der Waals surface area contributed by atoms with Crippen LogP contribution in [0.5, 0.6) is 0 Å². The first kappa shape index (κ1) is 18.3. The Morgan fingerprint density at radius 2 is 1.50 bits per heavy atom. The largest absolute Gasteiger partial charge is 0.310 e. The molecule has 1 aliphatic rings. The normalized spacial score (nSPS) is 26.9. The van der Waals surface area contributed by atoms with E-state index in [0.717, 1.165) is 18.3 Å². The van der Waals surface area contributed by atoms with E-state index in [1.165, 1.54) is 77.0 Å². The van der Waals surface area contributed by atoms with Crippen LogP contribution in [0.25, 0.3) is 0 Å². The van der Waals surface area contributed by atoms with Crippen molar-refractivity contribution >= 4 is 11.6 Å². The third-order valence-electron chi connectivity index (χ3n) is 5.02. The lowest BCUT2D eigenvalue weighted by molar-refractivity contribution is 0.217. The summed E-state index contributed by atoms with van der Waals surface area (Å²) in [6, 6.07) is 0. The van der Waals surface area contributed by atoms with Crippen LogP contribution in [-0.4, -0.2) is 18.0 Å². The minimum atomic E-state index is 0.259. The van der Waals surface area contributed by atoms with Crippen molar-refractivity contribution in [1.29, 1.82) is 0 Å². The maximum atomic E-state index is 6.23. The molecule has 0 aromatic rings. The molecule has 1 aliphatic carbocycles. The van der Waals surface area contributed by atoms with Gasteiger partial charge in [-0.3, -0.25) is 0 Å². The lowest BCUT2D eigenvalue weighted by atomic mass is 9.78. The first-order valence-corrected chi connectivity index (χ1v) is 9.57. The summed E-state index contributed by atoms with van der Waals surface area (Å²) >= 11 is 6.23. The van der Waals surface area contributed by atoms with Gasteiger partial charge in [-0.25, -0.2) is 0 Å². The molecular formula is C18H36ClN. The van der Waals surface area contributed by atoms with Crippen LogP contribution in [0.2, 0.25) is 0 Å². The van der Waals surface area contributed by atoms with Gasteiger partial charge in [0.15, 0.2) is 0 Å². The zero-order valence-electron chi connectivity index (χ0n) is 13.9. The molecule has 0 spiro atoms. The topological polar surface area (TPSA) is 12.0 Å². The molecule has 0 aliphatic heterocycles. The zero-order chi connectivity index (χ0) is 14.7. The van der Waals surface area contributed by atoms with Gasteiger partial charge in [-0.05, 0) is 44.6 Å². The van der Waals surface area contributed by atoms with Gasteiger partial charge in [0.2, 0.25) is 0 Å². The molecule has 0 unspecified atom stereocenters. The summed E-state index contributed by atoms with van der Waals surface area (Å²) < 4.78 is 0. The lowest BCUT2D eigenvalue weighted by Gasteiger charge is -2.39. The Kier molecular flexibility index (Phi) is 9.98. The molecule has 1 saturated carbocycles. The molecule has 0 atom stereocenters. The van der Waals surface area contributed by atoms with Crippen LogP contribution in [0.3, 0.4) is 0 Å². The number of hydrogen-bond acceptors (Lipinski definition) is 1. The summed E-state index contributed by atoms with van der Waals surface area (Å²) in [5.74, 6) is 1.69. The van der Waals surface area contributed by atoms with E-state index in [9.17, 15) is 0 Å². The molecule has 120 valence electrons. The average Bonchev–Trinajstić information content (AvgIpc) is 2.48. The zero-order valence-corrected chi connectivity index (χ0v) is 14.6. The van der Waals surface area contributed by atoms with E-state index in [2.05, 4.69) is 19.2 Å². The van der Waals surface area contributed by atoms with E-state index >= 15 is 0 Å². The first-order valence-electron chi connectivity index (χ1n) is 9.03. The number of unbranched alkanes of at least 4 members (excludes halogenated alkanes) is 7. The highest BCUT2D eigenvalue weighted by atomic mass is 35.5. The first-order chi connectivity index (χ1) is 9.72. The Morgan fingerprint density at radius 1 is 0.950 bits per heavy atom. The molecule has 0 aromatic carbocycles. The molecule has 0 saturated heterocycles. The molecule has 0 bridgehead atoms. The van der Waals surface area contributed by atoms with Crippen LogP contribution in [0.1, 0.15) is 90.9 Å². The van der Waals surface area contributed by atoms with E-state index in [-0.39, 0.29) is 5.54 Å². The Balaban J connectivity index is 1.99. The van der Waals surface area contributed by atoms with E-state index in [4.69, 9.17) is 11.6 Å². The van der Waals surface area contributed by atoms with Gasteiger partial charge in [0.05, 0.1) is 0 Å². The highest BCUT2D eigenvalue weighted by Crippen LogP contribution is 2.32. The Bertz CT molecular complexity index is 221. The lowest BCUT2D eigenvalue weighted by Crippen LogP contribution is -2.49. The molecule has 1 fully saturated rings. The van der Waals surface area contributed by atoms with Gasteiger partial charge < -0.3 is 5.32 Å². The monoisotopic (exact) mass is 301 g/mol. The van der Waals surface area contributed by atoms with Gasteiger partial charge in [0.25, 0.3) is 0 Å². The summed E-state index contributed by atoms with van der Waals surface area (Å²) in [5.41, 5.74) is 0.259.